The minimum atomic E-state index is -5.35. The fourth-order valence-electron chi connectivity index (χ4n) is 3.72. The number of Topliss-reactive ketones (excluding diaryl/α,β-unsaturated/α-hetero) is 1. The van der Waals surface area contributed by atoms with E-state index in [1.807, 2.05) is 5.32 Å². The Morgan fingerprint density at radius 1 is 0.946 bits per heavy atom. The van der Waals surface area contributed by atoms with Crippen molar-refractivity contribution in [3.05, 3.63) is 71.3 Å². The minimum absolute atomic E-state index is 0.0503. The number of carbonyl (C=O) groups is 6. The number of carboxylic acid groups (broad SMARTS) is 1. The largest absolute Gasteiger partial charge is 0.480 e. The number of nitrogens with zero attached hydrogens (tertiary/aromatic N) is 1. The van der Waals surface area contributed by atoms with E-state index < -0.39 is 60.3 Å². The second-order valence-corrected chi connectivity index (χ2v) is 8.01. The number of aldehydes is 1. The normalized spacial score (nSPS) is 15.5. The van der Waals surface area contributed by atoms with Crippen molar-refractivity contribution in [3.8, 4) is 0 Å². The van der Waals surface area contributed by atoms with E-state index in [-0.39, 0.29) is 23.8 Å². The van der Waals surface area contributed by atoms with Gasteiger partial charge in [0.05, 0.1) is 11.1 Å². The molecule has 2 aromatic rings. The van der Waals surface area contributed by atoms with E-state index in [1.165, 1.54) is 24.3 Å². The molecule has 1 aliphatic heterocycles. The third-order valence-electron chi connectivity index (χ3n) is 5.57. The molecular formula is C24H20F3N3O7. The lowest BCUT2D eigenvalue weighted by atomic mass is 10.0. The molecule has 13 heteroatoms. The molecule has 0 aliphatic carbocycles. The number of amides is 3. The van der Waals surface area contributed by atoms with Gasteiger partial charge in [0.1, 0.15) is 24.4 Å². The number of benzene rings is 2. The summed E-state index contributed by atoms with van der Waals surface area (Å²) in [5.74, 6) is -6.79. The number of hydrogen-bond acceptors (Lipinski definition) is 7. The van der Waals surface area contributed by atoms with Crippen LogP contribution in [-0.4, -0.2) is 76.6 Å². The van der Waals surface area contributed by atoms with Crippen LogP contribution < -0.4 is 10.6 Å². The van der Waals surface area contributed by atoms with Crippen LogP contribution in [0.2, 0.25) is 0 Å². The fraction of sp³-hybridized carbons (Fsp3) is 0.250. The van der Waals surface area contributed by atoms with Crippen LogP contribution >= 0.6 is 0 Å². The van der Waals surface area contributed by atoms with E-state index in [9.17, 15) is 47.0 Å². The molecule has 0 fully saturated rings. The number of alkyl halides is 3. The third-order valence-corrected chi connectivity index (χ3v) is 5.57. The Kier molecular flexibility index (Phi) is 8.17. The van der Waals surface area contributed by atoms with Crippen LogP contribution in [0, 0.1) is 0 Å². The zero-order chi connectivity index (χ0) is 27.3. The standard InChI is InChI=1S/C24H20F3N3O7/c25-24(26,27)19(32)17(12-31)28-11-16(23(36)37)29-20(33)18(10-13-6-2-1-3-7-13)30-21(34)14-8-4-5-9-15(14)22(30)35/h1-9,12,16-18,28H,10-11H2,(H,29,33)(H,36,37)/t16?,17?,18-/m0/s1. The Balaban J connectivity index is 1.85. The zero-order valence-corrected chi connectivity index (χ0v) is 18.9. The highest BCUT2D eigenvalue weighted by molar-refractivity contribution is 6.23. The molecule has 2 aromatic carbocycles. The highest BCUT2D eigenvalue weighted by Crippen LogP contribution is 2.26. The summed E-state index contributed by atoms with van der Waals surface area (Å²) in [6, 6.07) is 8.24. The van der Waals surface area contributed by atoms with Crippen molar-refractivity contribution in [2.45, 2.75) is 30.7 Å². The van der Waals surface area contributed by atoms with Crippen LogP contribution in [0.4, 0.5) is 13.2 Å². The predicted molar refractivity (Wildman–Crippen MR) is 119 cm³/mol. The SMILES string of the molecule is O=CC(NCC(NC(=O)[C@H](Cc1ccccc1)N1C(=O)c2ccccc2C1=O)C(=O)O)C(=O)C(F)(F)F. The van der Waals surface area contributed by atoms with Gasteiger partial charge in [-0.1, -0.05) is 42.5 Å². The van der Waals surface area contributed by atoms with Crippen molar-refractivity contribution >= 4 is 35.8 Å². The maximum atomic E-state index is 13.2. The van der Waals surface area contributed by atoms with Gasteiger partial charge < -0.3 is 15.2 Å². The average Bonchev–Trinajstić information content (AvgIpc) is 3.11. The van der Waals surface area contributed by atoms with Gasteiger partial charge in [0.15, 0.2) is 0 Å². The number of nitrogens with one attached hydrogen (secondary N) is 2. The van der Waals surface area contributed by atoms with Gasteiger partial charge in [-0.2, -0.15) is 13.2 Å². The first-order valence-corrected chi connectivity index (χ1v) is 10.8. The summed E-state index contributed by atoms with van der Waals surface area (Å²) in [6.45, 7) is -0.938. The molecule has 0 spiro atoms. The molecule has 0 saturated heterocycles. The lowest BCUT2D eigenvalue weighted by Crippen LogP contribution is -2.57. The highest BCUT2D eigenvalue weighted by atomic mass is 19.4. The first-order valence-electron chi connectivity index (χ1n) is 10.8. The van der Waals surface area contributed by atoms with Gasteiger partial charge in [0, 0.05) is 13.0 Å². The summed E-state index contributed by atoms with van der Waals surface area (Å²) in [4.78, 5) is 73.9. The quantitative estimate of drug-likeness (QED) is 0.224. The van der Waals surface area contributed by atoms with Crippen LogP contribution in [0.1, 0.15) is 26.3 Å². The van der Waals surface area contributed by atoms with Crippen LogP contribution in [0.25, 0.3) is 0 Å². The molecule has 3 atom stereocenters. The number of carboxylic acids is 1. The third kappa shape index (κ3) is 6.06. The van der Waals surface area contributed by atoms with Gasteiger partial charge in [-0.15, -0.1) is 0 Å². The molecule has 1 aliphatic rings. The molecule has 3 amide bonds. The number of fused-ring (bicyclic) bond motifs is 1. The van der Waals surface area contributed by atoms with E-state index in [4.69, 9.17) is 0 Å². The fourth-order valence-corrected chi connectivity index (χ4v) is 3.72. The second kappa shape index (κ2) is 11.1. The number of halogens is 3. The maximum absolute atomic E-state index is 13.2. The summed E-state index contributed by atoms with van der Waals surface area (Å²) in [6.07, 6.45) is -5.89. The molecule has 0 saturated carbocycles. The van der Waals surface area contributed by atoms with Crippen molar-refractivity contribution in [3.63, 3.8) is 0 Å². The Labute approximate surface area is 207 Å². The first kappa shape index (κ1) is 27.2. The number of rotatable bonds is 11. The number of ketones is 1. The Bertz CT molecular complexity index is 1200. The Morgan fingerprint density at radius 2 is 1.49 bits per heavy atom. The van der Waals surface area contributed by atoms with Gasteiger partial charge in [-0.25, -0.2) is 4.79 Å². The molecule has 1 heterocycles. The second-order valence-electron chi connectivity index (χ2n) is 8.01. The number of carbonyl (C=O) groups excluding carboxylic acids is 5. The maximum Gasteiger partial charge on any atom is 0.452 e. The molecule has 0 bridgehead atoms. The summed E-state index contributed by atoms with van der Waals surface area (Å²) in [5.41, 5.74) is 0.629. The summed E-state index contributed by atoms with van der Waals surface area (Å²) in [7, 11) is 0. The van der Waals surface area contributed by atoms with Crippen molar-refractivity contribution in [1.82, 2.24) is 15.5 Å². The van der Waals surface area contributed by atoms with Gasteiger partial charge in [0.25, 0.3) is 17.6 Å². The topological polar surface area (TPSA) is 150 Å². The Morgan fingerprint density at radius 3 is 1.97 bits per heavy atom. The lowest BCUT2D eigenvalue weighted by molar-refractivity contribution is -0.173. The van der Waals surface area contributed by atoms with Gasteiger partial charge in [-0.3, -0.25) is 29.4 Å². The average molecular weight is 519 g/mol. The monoisotopic (exact) mass is 519 g/mol. The molecule has 0 aromatic heterocycles. The van der Waals surface area contributed by atoms with Gasteiger partial charge in [0.2, 0.25) is 5.91 Å². The van der Waals surface area contributed by atoms with Crippen molar-refractivity contribution in [2.24, 2.45) is 0 Å². The van der Waals surface area contributed by atoms with Crippen LogP contribution in [0.3, 0.4) is 0 Å². The van der Waals surface area contributed by atoms with Crippen molar-refractivity contribution < 1.29 is 47.0 Å². The van der Waals surface area contributed by atoms with E-state index >= 15 is 0 Å². The van der Waals surface area contributed by atoms with Crippen LogP contribution in [0.15, 0.2) is 54.6 Å². The lowest BCUT2D eigenvalue weighted by Gasteiger charge is -2.27. The van der Waals surface area contributed by atoms with Crippen LogP contribution in [-0.2, 0) is 25.6 Å². The van der Waals surface area contributed by atoms with Gasteiger partial charge in [-0.05, 0) is 17.7 Å². The van der Waals surface area contributed by atoms with E-state index in [1.54, 1.807) is 30.3 Å². The van der Waals surface area contributed by atoms with Gasteiger partial charge >= 0.3 is 12.1 Å². The van der Waals surface area contributed by atoms with E-state index in [0.29, 0.717) is 10.5 Å². The predicted octanol–water partition coefficient (Wildman–Crippen LogP) is 0.752. The zero-order valence-electron chi connectivity index (χ0n) is 18.9. The molecular weight excluding hydrogens is 499 g/mol. The first-order chi connectivity index (χ1) is 17.5. The number of aliphatic carboxylic acids is 1. The number of hydrogen-bond donors (Lipinski definition) is 3. The molecule has 10 nitrogen and oxygen atoms in total. The van der Waals surface area contributed by atoms with E-state index in [0.717, 1.165) is 0 Å². The number of imide groups is 1. The smallest absolute Gasteiger partial charge is 0.452 e. The van der Waals surface area contributed by atoms with Crippen LogP contribution in [0.5, 0.6) is 0 Å². The molecule has 2 unspecified atom stereocenters. The summed E-state index contributed by atoms with van der Waals surface area (Å²) >= 11 is 0. The Hall–Kier alpha value is -4.39. The minimum Gasteiger partial charge on any atom is -0.480 e. The van der Waals surface area contributed by atoms with Crippen molar-refractivity contribution in [1.29, 1.82) is 0 Å². The molecule has 194 valence electrons. The van der Waals surface area contributed by atoms with E-state index in [2.05, 4.69) is 5.32 Å². The highest BCUT2D eigenvalue weighted by Gasteiger charge is 2.45. The molecule has 3 rings (SSSR count). The molecule has 0 radical (unpaired) electrons. The summed E-state index contributed by atoms with van der Waals surface area (Å²) < 4.78 is 37.9. The molecule has 3 N–H and O–H groups in total. The molecule has 37 heavy (non-hydrogen) atoms. The van der Waals surface area contributed by atoms with Crippen molar-refractivity contribution in [2.75, 3.05) is 6.54 Å². The summed E-state index contributed by atoms with van der Waals surface area (Å²) in [5, 5.41) is 13.4.